The third-order valence-corrected chi connectivity index (χ3v) is 4.77. The van der Waals surface area contributed by atoms with E-state index in [-0.39, 0.29) is 0 Å². The molecule has 1 aromatic heterocycles. The van der Waals surface area contributed by atoms with Crippen molar-refractivity contribution >= 4 is 16.5 Å². The van der Waals surface area contributed by atoms with E-state index in [0.717, 1.165) is 19.6 Å². The lowest BCUT2D eigenvalue weighted by Gasteiger charge is -2.19. The summed E-state index contributed by atoms with van der Waals surface area (Å²) in [5.74, 6) is 1.21. The quantitative estimate of drug-likeness (QED) is 0.691. The molecule has 0 saturated heterocycles. The lowest BCUT2D eigenvalue weighted by Crippen LogP contribution is -2.23. The third kappa shape index (κ3) is 5.06. The van der Waals surface area contributed by atoms with Gasteiger partial charge < -0.3 is 10.2 Å². The van der Waals surface area contributed by atoms with Crippen molar-refractivity contribution in [2.24, 2.45) is 5.92 Å². The Morgan fingerprint density at radius 1 is 1.25 bits per heavy atom. The van der Waals surface area contributed by atoms with Crippen LogP contribution in [-0.4, -0.2) is 25.1 Å². The van der Waals surface area contributed by atoms with Gasteiger partial charge in [-0.2, -0.15) is 0 Å². The highest BCUT2D eigenvalue weighted by molar-refractivity contribution is 7.15. The minimum absolute atomic E-state index is 0.496. The Balaban J connectivity index is 2.79. The van der Waals surface area contributed by atoms with E-state index in [1.807, 2.05) is 11.3 Å². The molecule has 1 atom stereocenters. The van der Waals surface area contributed by atoms with Crippen LogP contribution in [0.15, 0.2) is 0 Å². The largest absolute Gasteiger partial charge is 0.351 e. The Morgan fingerprint density at radius 3 is 2.50 bits per heavy atom. The van der Waals surface area contributed by atoms with Gasteiger partial charge in [-0.05, 0) is 24.8 Å². The first kappa shape index (κ1) is 17.4. The molecule has 0 spiro atoms. The molecule has 0 aromatic carbocycles. The van der Waals surface area contributed by atoms with Gasteiger partial charge in [0.2, 0.25) is 0 Å². The average Bonchev–Trinajstić information content (AvgIpc) is 2.83. The molecule has 0 aliphatic carbocycles. The van der Waals surface area contributed by atoms with Crippen LogP contribution in [0.4, 0.5) is 5.13 Å². The number of nitrogens with zero attached hydrogens (tertiary/aromatic N) is 2. The van der Waals surface area contributed by atoms with Crippen LogP contribution >= 0.6 is 11.3 Å². The van der Waals surface area contributed by atoms with Crippen molar-refractivity contribution in [1.82, 2.24) is 10.3 Å². The highest BCUT2D eigenvalue weighted by Crippen LogP contribution is 2.30. The van der Waals surface area contributed by atoms with E-state index in [2.05, 4.69) is 51.9 Å². The molecule has 116 valence electrons. The molecule has 0 fully saturated rings. The van der Waals surface area contributed by atoms with Crippen molar-refractivity contribution in [3.63, 3.8) is 0 Å². The summed E-state index contributed by atoms with van der Waals surface area (Å²) in [5, 5.41) is 4.67. The maximum absolute atomic E-state index is 4.88. The summed E-state index contributed by atoms with van der Waals surface area (Å²) in [6.45, 7) is 14.3. The van der Waals surface area contributed by atoms with Crippen LogP contribution < -0.4 is 10.2 Å². The second kappa shape index (κ2) is 8.63. The highest BCUT2D eigenvalue weighted by Gasteiger charge is 2.17. The zero-order chi connectivity index (χ0) is 15.1. The van der Waals surface area contributed by atoms with Crippen molar-refractivity contribution in [2.75, 3.05) is 25.0 Å². The molecule has 1 rings (SSSR count). The van der Waals surface area contributed by atoms with Gasteiger partial charge in [0.05, 0.1) is 5.69 Å². The van der Waals surface area contributed by atoms with E-state index < -0.39 is 0 Å². The SMILES string of the molecule is CCCNCc1sc(N(C)CC(C)CC)nc1C(C)C. The van der Waals surface area contributed by atoms with Gasteiger partial charge in [0.15, 0.2) is 5.13 Å². The van der Waals surface area contributed by atoms with Crippen LogP contribution in [0.3, 0.4) is 0 Å². The number of thiazole rings is 1. The first-order valence-corrected chi connectivity index (χ1v) is 8.72. The molecule has 1 aromatic rings. The molecule has 0 amide bonds. The van der Waals surface area contributed by atoms with Crippen molar-refractivity contribution in [1.29, 1.82) is 0 Å². The molecule has 0 saturated carbocycles. The minimum atomic E-state index is 0.496. The molecule has 1 heterocycles. The molecule has 0 aliphatic heterocycles. The van der Waals surface area contributed by atoms with Gasteiger partial charge in [-0.1, -0.05) is 41.0 Å². The van der Waals surface area contributed by atoms with Crippen molar-refractivity contribution < 1.29 is 0 Å². The number of aromatic nitrogens is 1. The number of hydrogen-bond acceptors (Lipinski definition) is 4. The van der Waals surface area contributed by atoms with E-state index >= 15 is 0 Å². The predicted molar refractivity (Wildman–Crippen MR) is 90.9 cm³/mol. The fourth-order valence-corrected chi connectivity index (χ4v) is 3.30. The van der Waals surface area contributed by atoms with Crippen molar-refractivity contribution in [3.05, 3.63) is 10.6 Å². The Hall–Kier alpha value is -0.610. The van der Waals surface area contributed by atoms with Gasteiger partial charge in [0.25, 0.3) is 0 Å². The summed E-state index contributed by atoms with van der Waals surface area (Å²) in [4.78, 5) is 8.60. The van der Waals surface area contributed by atoms with E-state index in [0.29, 0.717) is 11.8 Å². The lowest BCUT2D eigenvalue weighted by molar-refractivity contribution is 0.559. The molecule has 3 nitrogen and oxygen atoms in total. The Labute approximate surface area is 128 Å². The smallest absolute Gasteiger partial charge is 0.185 e. The molecule has 1 N–H and O–H groups in total. The molecular formula is C16H31N3S. The van der Waals surface area contributed by atoms with Crippen LogP contribution in [0, 0.1) is 5.92 Å². The molecule has 4 heteroatoms. The predicted octanol–water partition coefficient (Wildman–Crippen LogP) is 4.25. The average molecular weight is 298 g/mol. The number of hydrogen-bond donors (Lipinski definition) is 1. The highest BCUT2D eigenvalue weighted by atomic mass is 32.1. The number of anilines is 1. The van der Waals surface area contributed by atoms with Gasteiger partial charge in [-0.15, -0.1) is 11.3 Å². The molecule has 0 radical (unpaired) electrons. The van der Waals surface area contributed by atoms with Gasteiger partial charge >= 0.3 is 0 Å². The summed E-state index contributed by atoms with van der Waals surface area (Å²) in [7, 11) is 2.17. The Kier molecular flexibility index (Phi) is 7.52. The van der Waals surface area contributed by atoms with Gasteiger partial charge in [0, 0.05) is 25.0 Å². The van der Waals surface area contributed by atoms with Crippen molar-refractivity contribution in [2.45, 2.75) is 59.9 Å². The topological polar surface area (TPSA) is 28.2 Å². The maximum Gasteiger partial charge on any atom is 0.185 e. The van der Waals surface area contributed by atoms with E-state index in [1.54, 1.807) is 0 Å². The van der Waals surface area contributed by atoms with Crippen LogP contribution in [0.1, 0.15) is 63.9 Å². The zero-order valence-electron chi connectivity index (χ0n) is 14.0. The Bertz CT molecular complexity index is 387. The van der Waals surface area contributed by atoms with Crippen LogP contribution in [0.2, 0.25) is 0 Å². The normalized spacial score (nSPS) is 12.9. The lowest BCUT2D eigenvalue weighted by atomic mass is 10.1. The van der Waals surface area contributed by atoms with Crippen molar-refractivity contribution in [3.8, 4) is 0 Å². The van der Waals surface area contributed by atoms with Gasteiger partial charge in [-0.25, -0.2) is 4.98 Å². The standard InChI is InChI=1S/C16H31N3S/c1-7-9-17-10-14-15(12(3)4)18-16(20-14)19(6)11-13(5)8-2/h12-13,17H,7-11H2,1-6H3. The van der Waals surface area contributed by atoms with E-state index in [1.165, 1.54) is 28.5 Å². The molecule has 1 unspecified atom stereocenters. The van der Waals surface area contributed by atoms with Crippen LogP contribution in [0.5, 0.6) is 0 Å². The van der Waals surface area contributed by atoms with Crippen LogP contribution in [-0.2, 0) is 6.54 Å². The zero-order valence-corrected chi connectivity index (χ0v) is 14.8. The molecule has 20 heavy (non-hydrogen) atoms. The number of rotatable bonds is 9. The van der Waals surface area contributed by atoms with Crippen LogP contribution in [0.25, 0.3) is 0 Å². The monoisotopic (exact) mass is 297 g/mol. The first-order valence-electron chi connectivity index (χ1n) is 7.90. The molecular weight excluding hydrogens is 266 g/mol. The summed E-state index contributed by atoms with van der Waals surface area (Å²) < 4.78 is 0. The van der Waals surface area contributed by atoms with E-state index in [4.69, 9.17) is 4.98 Å². The van der Waals surface area contributed by atoms with Gasteiger partial charge in [0.1, 0.15) is 0 Å². The fraction of sp³-hybridized carbons (Fsp3) is 0.812. The summed E-state index contributed by atoms with van der Waals surface area (Å²) in [6.07, 6.45) is 2.40. The van der Waals surface area contributed by atoms with E-state index in [9.17, 15) is 0 Å². The second-order valence-electron chi connectivity index (χ2n) is 6.03. The minimum Gasteiger partial charge on any atom is -0.351 e. The third-order valence-electron chi connectivity index (χ3n) is 3.58. The summed E-state index contributed by atoms with van der Waals surface area (Å²) in [5.41, 5.74) is 1.27. The second-order valence-corrected chi connectivity index (χ2v) is 7.09. The Morgan fingerprint density at radius 2 is 1.95 bits per heavy atom. The maximum atomic E-state index is 4.88. The summed E-state index contributed by atoms with van der Waals surface area (Å²) in [6, 6.07) is 0. The molecule has 0 bridgehead atoms. The fourth-order valence-electron chi connectivity index (χ4n) is 2.15. The molecule has 0 aliphatic rings. The first-order chi connectivity index (χ1) is 9.49. The summed E-state index contributed by atoms with van der Waals surface area (Å²) >= 11 is 1.85. The number of nitrogens with one attached hydrogen (secondary N) is 1. The van der Waals surface area contributed by atoms with Gasteiger partial charge in [-0.3, -0.25) is 0 Å².